The van der Waals surface area contributed by atoms with Crippen LogP contribution in [-0.4, -0.2) is 29.9 Å². The second-order valence-corrected chi connectivity index (χ2v) is 4.07. The van der Waals surface area contributed by atoms with E-state index in [1.54, 1.807) is 18.2 Å². The zero-order valence-corrected chi connectivity index (χ0v) is 10.3. The van der Waals surface area contributed by atoms with Crippen LogP contribution in [0.5, 0.6) is 11.5 Å². The molecule has 1 aliphatic rings. The summed E-state index contributed by atoms with van der Waals surface area (Å²) in [5.41, 5.74) is 0.836. The number of carboxylic acids is 1. The summed E-state index contributed by atoms with van der Waals surface area (Å²) in [5.74, 6) is 0.226. The van der Waals surface area contributed by atoms with E-state index < -0.39 is 18.0 Å². The molecule has 0 bridgehead atoms. The maximum Gasteiger partial charge on any atom is 0.325 e. The number of aliphatic carboxylic acids is 1. The molecule has 1 heterocycles. The Hall–Kier alpha value is -2.44. The van der Waals surface area contributed by atoms with Crippen LogP contribution in [0, 0.1) is 0 Å². The highest BCUT2D eigenvalue weighted by atomic mass is 16.7. The van der Waals surface area contributed by atoms with Crippen LogP contribution < -0.4 is 20.1 Å². The topological polar surface area (TPSA) is 96.9 Å². The minimum Gasteiger partial charge on any atom is -0.480 e. The molecule has 7 nitrogen and oxygen atoms in total. The lowest BCUT2D eigenvalue weighted by atomic mass is 10.2. The van der Waals surface area contributed by atoms with Gasteiger partial charge in [-0.2, -0.15) is 0 Å². The highest BCUT2D eigenvalue weighted by Crippen LogP contribution is 2.32. The van der Waals surface area contributed by atoms with Crippen molar-refractivity contribution in [3.8, 4) is 11.5 Å². The minimum atomic E-state index is -1.08. The number of hydrogen-bond acceptors (Lipinski definition) is 4. The number of benzene rings is 1. The summed E-state index contributed by atoms with van der Waals surface area (Å²) >= 11 is 0. The third-order valence-corrected chi connectivity index (χ3v) is 2.61. The number of carbonyl (C=O) groups excluding carboxylic acids is 1. The van der Waals surface area contributed by atoms with Crippen LogP contribution in [0.1, 0.15) is 12.5 Å². The van der Waals surface area contributed by atoms with Crippen LogP contribution in [0.15, 0.2) is 18.2 Å². The second-order valence-electron chi connectivity index (χ2n) is 4.07. The second kappa shape index (κ2) is 5.47. The van der Waals surface area contributed by atoms with Gasteiger partial charge in [0, 0.05) is 6.54 Å². The molecule has 102 valence electrons. The number of carbonyl (C=O) groups is 2. The van der Waals surface area contributed by atoms with Crippen LogP contribution in [0.25, 0.3) is 0 Å². The molecule has 1 aromatic rings. The van der Waals surface area contributed by atoms with Crippen LogP contribution in [0.4, 0.5) is 4.79 Å². The van der Waals surface area contributed by atoms with Crippen molar-refractivity contribution in [2.45, 2.75) is 19.5 Å². The lowest BCUT2D eigenvalue weighted by Crippen LogP contribution is -2.44. The van der Waals surface area contributed by atoms with Crippen LogP contribution in [0.2, 0.25) is 0 Å². The molecule has 0 aromatic heterocycles. The van der Waals surface area contributed by atoms with E-state index in [1.165, 1.54) is 6.92 Å². The average Bonchev–Trinajstić information content (AvgIpc) is 2.83. The van der Waals surface area contributed by atoms with E-state index in [0.29, 0.717) is 11.5 Å². The largest absolute Gasteiger partial charge is 0.480 e. The number of carboxylic acid groups (broad SMARTS) is 1. The van der Waals surface area contributed by atoms with Gasteiger partial charge in [0.1, 0.15) is 6.04 Å². The van der Waals surface area contributed by atoms with Crippen molar-refractivity contribution in [2.24, 2.45) is 0 Å². The maximum atomic E-state index is 11.4. The Bertz CT molecular complexity index is 503. The Morgan fingerprint density at radius 1 is 1.37 bits per heavy atom. The first kappa shape index (κ1) is 13.0. The van der Waals surface area contributed by atoms with Gasteiger partial charge in [0.2, 0.25) is 6.79 Å². The Kier molecular flexibility index (Phi) is 3.74. The van der Waals surface area contributed by atoms with Gasteiger partial charge in [0.25, 0.3) is 0 Å². The molecular weight excluding hydrogens is 252 g/mol. The predicted octanol–water partition coefficient (Wildman–Crippen LogP) is 0.688. The quantitative estimate of drug-likeness (QED) is 0.745. The summed E-state index contributed by atoms with van der Waals surface area (Å²) in [4.78, 5) is 22.0. The fraction of sp³-hybridized carbons (Fsp3) is 0.333. The molecule has 0 saturated heterocycles. The van der Waals surface area contributed by atoms with Crippen molar-refractivity contribution in [1.29, 1.82) is 0 Å². The van der Waals surface area contributed by atoms with Gasteiger partial charge < -0.3 is 25.2 Å². The lowest BCUT2D eigenvalue weighted by molar-refractivity contribution is -0.138. The number of nitrogens with one attached hydrogen (secondary N) is 2. The lowest BCUT2D eigenvalue weighted by Gasteiger charge is -2.10. The molecule has 1 unspecified atom stereocenters. The zero-order valence-electron chi connectivity index (χ0n) is 10.3. The van der Waals surface area contributed by atoms with E-state index in [4.69, 9.17) is 14.6 Å². The highest BCUT2D eigenvalue weighted by Gasteiger charge is 2.15. The van der Waals surface area contributed by atoms with Crippen LogP contribution >= 0.6 is 0 Å². The molecule has 0 aliphatic carbocycles. The normalized spacial score (nSPS) is 13.7. The zero-order chi connectivity index (χ0) is 13.8. The summed E-state index contributed by atoms with van der Waals surface area (Å²) in [6.07, 6.45) is 0. The molecule has 1 atom stereocenters. The average molecular weight is 266 g/mol. The number of rotatable bonds is 4. The fourth-order valence-electron chi connectivity index (χ4n) is 1.54. The van der Waals surface area contributed by atoms with Gasteiger partial charge in [0.05, 0.1) is 0 Å². The summed E-state index contributed by atoms with van der Waals surface area (Å²) in [5, 5.41) is 13.5. The third-order valence-electron chi connectivity index (χ3n) is 2.61. The van der Waals surface area contributed by atoms with Gasteiger partial charge in [-0.1, -0.05) is 6.07 Å². The van der Waals surface area contributed by atoms with Crippen LogP contribution in [-0.2, 0) is 11.3 Å². The summed E-state index contributed by atoms with van der Waals surface area (Å²) in [6.45, 7) is 1.86. The molecule has 3 N–H and O–H groups in total. The Balaban J connectivity index is 1.85. The van der Waals surface area contributed by atoms with E-state index in [1.807, 2.05) is 0 Å². The van der Waals surface area contributed by atoms with Gasteiger partial charge in [-0.3, -0.25) is 4.79 Å². The molecule has 0 saturated carbocycles. The SMILES string of the molecule is CC(NC(=O)NCc1ccc2c(c1)OCO2)C(=O)O. The molecule has 1 aromatic carbocycles. The van der Waals surface area contributed by atoms with Crippen molar-refractivity contribution >= 4 is 12.0 Å². The Morgan fingerprint density at radius 2 is 2.11 bits per heavy atom. The molecule has 7 heteroatoms. The van der Waals surface area contributed by atoms with Gasteiger partial charge in [-0.15, -0.1) is 0 Å². The first-order valence-electron chi connectivity index (χ1n) is 5.72. The van der Waals surface area contributed by atoms with E-state index in [2.05, 4.69) is 10.6 Å². The van der Waals surface area contributed by atoms with E-state index in [9.17, 15) is 9.59 Å². The van der Waals surface area contributed by atoms with Crippen molar-refractivity contribution in [1.82, 2.24) is 10.6 Å². The highest BCUT2D eigenvalue weighted by molar-refractivity contribution is 5.82. The van der Waals surface area contributed by atoms with Crippen molar-refractivity contribution in [3.63, 3.8) is 0 Å². The van der Waals surface area contributed by atoms with Gasteiger partial charge in [-0.25, -0.2) is 4.79 Å². The fourth-order valence-corrected chi connectivity index (χ4v) is 1.54. The predicted molar refractivity (Wildman–Crippen MR) is 65.0 cm³/mol. The summed E-state index contributed by atoms with van der Waals surface area (Å²) in [6, 6.07) is 3.86. The molecule has 1 aliphatic heterocycles. The van der Waals surface area contributed by atoms with Gasteiger partial charge in [-0.05, 0) is 24.6 Å². The van der Waals surface area contributed by atoms with Crippen molar-refractivity contribution in [3.05, 3.63) is 23.8 Å². The number of ether oxygens (including phenoxy) is 2. The number of amides is 2. The van der Waals surface area contributed by atoms with Gasteiger partial charge in [0.15, 0.2) is 11.5 Å². The number of fused-ring (bicyclic) bond motifs is 1. The molecule has 0 spiro atoms. The standard InChI is InChI=1S/C12H14N2O5/c1-7(11(15)16)14-12(17)13-5-8-2-3-9-10(4-8)19-6-18-9/h2-4,7H,5-6H2,1H3,(H,15,16)(H2,13,14,17). The van der Waals surface area contributed by atoms with Crippen molar-refractivity contribution < 1.29 is 24.2 Å². The van der Waals surface area contributed by atoms with Crippen molar-refractivity contribution in [2.75, 3.05) is 6.79 Å². The first-order valence-corrected chi connectivity index (χ1v) is 5.72. The van der Waals surface area contributed by atoms with E-state index in [-0.39, 0.29) is 13.3 Å². The Morgan fingerprint density at radius 3 is 2.84 bits per heavy atom. The number of urea groups is 1. The van der Waals surface area contributed by atoms with Crippen LogP contribution in [0.3, 0.4) is 0 Å². The minimum absolute atomic E-state index is 0.197. The van der Waals surface area contributed by atoms with Gasteiger partial charge >= 0.3 is 12.0 Å². The number of hydrogen-bond donors (Lipinski definition) is 3. The Labute approximate surface area is 109 Å². The molecular formula is C12H14N2O5. The maximum absolute atomic E-state index is 11.4. The molecule has 0 fully saturated rings. The monoisotopic (exact) mass is 266 g/mol. The summed E-state index contributed by atoms with van der Waals surface area (Å²) < 4.78 is 10.4. The summed E-state index contributed by atoms with van der Waals surface area (Å²) in [7, 11) is 0. The first-order chi connectivity index (χ1) is 9.06. The molecule has 2 rings (SSSR count). The molecule has 19 heavy (non-hydrogen) atoms. The smallest absolute Gasteiger partial charge is 0.325 e. The van der Waals surface area contributed by atoms with E-state index in [0.717, 1.165) is 5.56 Å². The molecule has 0 radical (unpaired) electrons. The molecule has 2 amide bonds. The third kappa shape index (κ3) is 3.27. The van der Waals surface area contributed by atoms with E-state index >= 15 is 0 Å².